The maximum atomic E-state index is 12.6. The molecule has 1 atom stereocenters. The molecule has 134 valence electrons. The van der Waals surface area contributed by atoms with Crippen LogP contribution in [0.5, 0.6) is 0 Å². The number of hydrogen-bond donors (Lipinski definition) is 1. The van der Waals surface area contributed by atoms with E-state index in [0.717, 1.165) is 38.3 Å². The number of alkyl halides is 3. The lowest BCUT2D eigenvalue weighted by atomic mass is 10.1. The van der Waals surface area contributed by atoms with Crippen LogP contribution in [0.25, 0.3) is 0 Å². The highest BCUT2D eigenvalue weighted by Gasteiger charge is 2.30. The number of piperazine rings is 1. The van der Waals surface area contributed by atoms with Gasteiger partial charge in [0.05, 0.1) is 11.7 Å². The molecule has 2 aromatic carbocycles. The van der Waals surface area contributed by atoms with Gasteiger partial charge in [-0.05, 0) is 29.8 Å². The van der Waals surface area contributed by atoms with E-state index >= 15 is 0 Å². The van der Waals surface area contributed by atoms with Crippen molar-refractivity contribution in [2.75, 3.05) is 37.6 Å². The highest BCUT2D eigenvalue weighted by molar-refractivity contribution is 5.46. The fraction of sp³-hybridized carbons (Fsp3) is 0.368. The van der Waals surface area contributed by atoms with Crippen molar-refractivity contribution in [2.45, 2.75) is 12.3 Å². The molecule has 0 saturated carbocycles. The van der Waals surface area contributed by atoms with Crippen molar-refractivity contribution in [1.82, 2.24) is 4.90 Å². The number of para-hydroxylation sites is 1. The lowest BCUT2D eigenvalue weighted by Gasteiger charge is -2.37. The summed E-state index contributed by atoms with van der Waals surface area (Å²) in [6.45, 7) is 3.78. The quantitative estimate of drug-likeness (QED) is 0.913. The second-order valence-corrected chi connectivity index (χ2v) is 6.26. The average Bonchev–Trinajstić information content (AvgIpc) is 2.62. The standard InChI is InChI=1S/C19H21F3N2O/c20-19(21,22)16-8-6-15(7-9-16)18(25)14-23-10-12-24(13-11-23)17-4-2-1-3-5-17/h1-9,18,25H,10-14H2/t18-/m0/s1. The SMILES string of the molecule is O[C@@H](CN1CCN(c2ccccc2)CC1)c1ccc(C(F)(F)F)cc1. The van der Waals surface area contributed by atoms with Gasteiger partial charge in [-0.1, -0.05) is 30.3 Å². The third-order valence-electron chi connectivity index (χ3n) is 4.55. The van der Waals surface area contributed by atoms with Crippen LogP contribution in [0, 0.1) is 0 Å². The monoisotopic (exact) mass is 350 g/mol. The average molecular weight is 350 g/mol. The fourth-order valence-corrected chi connectivity index (χ4v) is 3.07. The molecule has 0 unspecified atom stereocenters. The third kappa shape index (κ3) is 4.52. The van der Waals surface area contributed by atoms with Crippen molar-refractivity contribution in [3.63, 3.8) is 0 Å². The van der Waals surface area contributed by atoms with Crippen molar-refractivity contribution >= 4 is 5.69 Å². The van der Waals surface area contributed by atoms with Crippen LogP contribution in [0.1, 0.15) is 17.2 Å². The van der Waals surface area contributed by atoms with Crippen LogP contribution in [-0.4, -0.2) is 42.7 Å². The first-order chi connectivity index (χ1) is 11.9. The molecule has 0 amide bonds. The summed E-state index contributed by atoms with van der Waals surface area (Å²) in [6, 6.07) is 14.9. The highest BCUT2D eigenvalue weighted by Crippen LogP contribution is 2.30. The van der Waals surface area contributed by atoms with Crippen molar-refractivity contribution < 1.29 is 18.3 Å². The molecule has 1 aliphatic rings. The summed E-state index contributed by atoms with van der Waals surface area (Å²) < 4.78 is 37.8. The van der Waals surface area contributed by atoms with Crippen LogP contribution in [0.4, 0.5) is 18.9 Å². The maximum absolute atomic E-state index is 12.6. The summed E-state index contributed by atoms with van der Waals surface area (Å²) in [7, 11) is 0. The smallest absolute Gasteiger partial charge is 0.387 e. The minimum absolute atomic E-state index is 0.425. The summed E-state index contributed by atoms with van der Waals surface area (Å²) in [6.07, 6.45) is -5.14. The Bertz CT molecular complexity index is 665. The van der Waals surface area contributed by atoms with Gasteiger partial charge in [-0.15, -0.1) is 0 Å². The number of nitrogens with zero attached hydrogens (tertiary/aromatic N) is 2. The van der Waals surface area contributed by atoms with E-state index in [1.54, 1.807) is 0 Å². The van der Waals surface area contributed by atoms with E-state index in [2.05, 4.69) is 21.9 Å². The van der Waals surface area contributed by atoms with Crippen LogP contribution in [0.3, 0.4) is 0 Å². The van der Waals surface area contributed by atoms with Gasteiger partial charge < -0.3 is 10.0 Å². The largest absolute Gasteiger partial charge is 0.416 e. The van der Waals surface area contributed by atoms with Crippen molar-refractivity contribution in [2.24, 2.45) is 0 Å². The zero-order valence-electron chi connectivity index (χ0n) is 13.8. The molecule has 3 rings (SSSR count). The first-order valence-corrected chi connectivity index (χ1v) is 8.31. The van der Waals surface area contributed by atoms with E-state index in [1.807, 2.05) is 18.2 Å². The lowest BCUT2D eigenvalue weighted by molar-refractivity contribution is -0.137. The molecule has 3 nitrogen and oxygen atoms in total. The zero-order chi connectivity index (χ0) is 17.9. The van der Waals surface area contributed by atoms with Gasteiger partial charge in [-0.3, -0.25) is 4.90 Å². The summed E-state index contributed by atoms with van der Waals surface area (Å²) in [5.74, 6) is 0. The Morgan fingerprint density at radius 1 is 0.880 bits per heavy atom. The Labute approximate surface area is 145 Å². The fourth-order valence-electron chi connectivity index (χ4n) is 3.07. The van der Waals surface area contributed by atoms with Gasteiger partial charge in [0, 0.05) is 38.4 Å². The van der Waals surface area contributed by atoms with E-state index in [0.29, 0.717) is 12.1 Å². The number of hydrogen-bond acceptors (Lipinski definition) is 3. The summed E-state index contributed by atoms with van der Waals surface area (Å²) in [4.78, 5) is 4.43. The number of anilines is 1. The molecule has 2 aromatic rings. The van der Waals surface area contributed by atoms with Crippen LogP contribution < -0.4 is 4.90 Å². The van der Waals surface area contributed by atoms with Gasteiger partial charge in [0.1, 0.15) is 0 Å². The van der Waals surface area contributed by atoms with Gasteiger partial charge >= 0.3 is 6.18 Å². The Morgan fingerprint density at radius 3 is 2.04 bits per heavy atom. The molecule has 1 aliphatic heterocycles. The molecule has 0 aromatic heterocycles. The molecular weight excluding hydrogens is 329 g/mol. The van der Waals surface area contributed by atoms with E-state index < -0.39 is 17.8 Å². The number of benzene rings is 2. The van der Waals surface area contributed by atoms with E-state index in [-0.39, 0.29) is 0 Å². The van der Waals surface area contributed by atoms with Crippen molar-refractivity contribution in [3.8, 4) is 0 Å². The summed E-state index contributed by atoms with van der Waals surface area (Å²) in [5, 5.41) is 10.3. The second-order valence-electron chi connectivity index (χ2n) is 6.26. The number of halogens is 3. The van der Waals surface area contributed by atoms with Crippen LogP contribution in [0.15, 0.2) is 54.6 Å². The van der Waals surface area contributed by atoms with Gasteiger partial charge in [-0.2, -0.15) is 13.2 Å². The van der Waals surface area contributed by atoms with Crippen molar-refractivity contribution in [3.05, 3.63) is 65.7 Å². The minimum atomic E-state index is -4.35. The topological polar surface area (TPSA) is 26.7 Å². The van der Waals surface area contributed by atoms with E-state index in [1.165, 1.54) is 17.8 Å². The second kappa shape index (κ2) is 7.45. The molecule has 1 N–H and O–H groups in total. The number of β-amino-alcohol motifs (C(OH)–C–C–N with tert-alkyl or cyclic N) is 1. The normalized spacial score (nSPS) is 17.5. The predicted octanol–water partition coefficient (Wildman–Crippen LogP) is 3.56. The molecule has 0 radical (unpaired) electrons. The predicted molar refractivity (Wildman–Crippen MR) is 91.5 cm³/mol. The number of rotatable bonds is 4. The first-order valence-electron chi connectivity index (χ1n) is 8.31. The summed E-state index contributed by atoms with van der Waals surface area (Å²) >= 11 is 0. The Kier molecular flexibility index (Phi) is 5.30. The van der Waals surface area contributed by atoms with Crippen LogP contribution in [0.2, 0.25) is 0 Å². The van der Waals surface area contributed by atoms with Gasteiger partial charge in [0.2, 0.25) is 0 Å². The Balaban J connectivity index is 1.53. The Hall–Kier alpha value is -2.05. The third-order valence-corrected chi connectivity index (χ3v) is 4.55. The maximum Gasteiger partial charge on any atom is 0.416 e. The van der Waals surface area contributed by atoms with Gasteiger partial charge in [0.15, 0.2) is 0 Å². The van der Waals surface area contributed by atoms with Gasteiger partial charge in [-0.25, -0.2) is 0 Å². The molecule has 0 spiro atoms. The Morgan fingerprint density at radius 2 is 1.48 bits per heavy atom. The molecule has 1 fully saturated rings. The number of aliphatic hydroxyl groups is 1. The van der Waals surface area contributed by atoms with Gasteiger partial charge in [0.25, 0.3) is 0 Å². The lowest BCUT2D eigenvalue weighted by Crippen LogP contribution is -2.47. The van der Waals surface area contributed by atoms with Crippen LogP contribution >= 0.6 is 0 Å². The first kappa shape index (κ1) is 17.8. The van der Waals surface area contributed by atoms with Crippen LogP contribution in [-0.2, 0) is 6.18 Å². The molecule has 0 bridgehead atoms. The number of aliphatic hydroxyl groups excluding tert-OH is 1. The highest BCUT2D eigenvalue weighted by atomic mass is 19.4. The zero-order valence-corrected chi connectivity index (χ0v) is 13.8. The molecular formula is C19H21F3N2O. The summed E-state index contributed by atoms with van der Waals surface area (Å²) in [5.41, 5.74) is 1.00. The molecule has 0 aliphatic carbocycles. The minimum Gasteiger partial charge on any atom is -0.387 e. The molecule has 6 heteroatoms. The molecule has 1 saturated heterocycles. The molecule has 1 heterocycles. The molecule has 25 heavy (non-hydrogen) atoms. The van der Waals surface area contributed by atoms with E-state index in [9.17, 15) is 18.3 Å². The van der Waals surface area contributed by atoms with Crippen molar-refractivity contribution in [1.29, 1.82) is 0 Å². The van der Waals surface area contributed by atoms with E-state index in [4.69, 9.17) is 0 Å².